The summed E-state index contributed by atoms with van der Waals surface area (Å²) in [7, 11) is 1.72. The zero-order chi connectivity index (χ0) is 15.7. The molecule has 0 spiro atoms. The molecule has 0 unspecified atom stereocenters. The van der Waals surface area contributed by atoms with Gasteiger partial charge in [-0.05, 0) is 13.5 Å². The summed E-state index contributed by atoms with van der Waals surface area (Å²) in [6.07, 6.45) is 0.447. The fourth-order valence-corrected chi connectivity index (χ4v) is 2.07. The molecule has 0 aromatic rings. The van der Waals surface area contributed by atoms with Crippen LogP contribution in [0.1, 0.15) is 12.8 Å². The van der Waals surface area contributed by atoms with E-state index in [1.165, 1.54) is 0 Å². The van der Waals surface area contributed by atoms with Crippen molar-refractivity contribution in [2.75, 3.05) is 52.9 Å². The van der Waals surface area contributed by atoms with Crippen LogP contribution in [0.15, 0.2) is 0 Å². The van der Waals surface area contributed by atoms with E-state index in [1.807, 2.05) is 0 Å². The van der Waals surface area contributed by atoms with E-state index in [9.17, 15) is 14.4 Å². The van der Waals surface area contributed by atoms with Gasteiger partial charge in [0.2, 0.25) is 11.8 Å². The Kier molecular flexibility index (Phi) is 7.70. The fourth-order valence-electron chi connectivity index (χ4n) is 2.07. The van der Waals surface area contributed by atoms with Crippen molar-refractivity contribution in [1.29, 1.82) is 0 Å². The third-order valence-electron chi connectivity index (χ3n) is 3.18. The number of carboxylic acid groups (broad SMARTS) is 1. The lowest BCUT2D eigenvalue weighted by molar-refractivity contribution is -0.137. The average Bonchev–Trinajstić information content (AvgIpc) is 2.44. The second kappa shape index (κ2) is 9.30. The van der Waals surface area contributed by atoms with Crippen molar-refractivity contribution in [3.63, 3.8) is 0 Å². The Morgan fingerprint density at radius 3 is 2.52 bits per heavy atom. The molecule has 1 rings (SSSR count). The Morgan fingerprint density at radius 1 is 1.24 bits per heavy atom. The number of carbonyl (C=O) groups is 3. The van der Waals surface area contributed by atoms with E-state index in [4.69, 9.17) is 5.11 Å². The molecule has 0 aromatic heterocycles. The van der Waals surface area contributed by atoms with Gasteiger partial charge in [0.25, 0.3) is 0 Å². The number of hydrogen-bond acceptors (Lipinski definition) is 5. The van der Waals surface area contributed by atoms with E-state index in [2.05, 4.69) is 10.6 Å². The molecule has 0 radical (unpaired) electrons. The van der Waals surface area contributed by atoms with Crippen molar-refractivity contribution in [1.82, 2.24) is 20.4 Å². The predicted molar refractivity (Wildman–Crippen MR) is 76.8 cm³/mol. The van der Waals surface area contributed by atoms with Crippen LogP contribution in [0.2, 0.25) is 0 Å². The number of aliphatic carboxylic acids is 1. The maximum atomic E-state index is 12.0. The lowest BCUT2D eigenvalue weighted by atomic mass is 10.3. The molecule has 1 aliphatic heterocycles. The first-order valence-corrected chi connectivity index (χ1v) is 7.14. The molecule has 1 fully saturated rings. The van der Waals surface area contributed by atoms with Gasteiger partial charge in [0.1, 0.15) is 0 Å². The minimum Gasteiger partial charge on any atom is -0.481 e. The van der Waals surface area contributed by atoms with Crippen molar-refractivity contribution in [3.05, 3.63) is 0 Å². The van der Waals surface area contributed by atoms with Crippen LogP contribution >= 0.6 is 0 Å². The highest BCUT2D eigenvalue weighted by Crippen LogP contribution is 1.95. The maximum absolute atomic E-state index is 12.0. The van der Waals surface area contributed by atoms with E-state index in [-0.39, 0.29) is 31.3 Å². The van der Waals surface area contributed by atoms with Crippen molar-refractivity contribution in [2.24, 2.45) is 0 Å². The molecule has 0 aliphatic carbocycles. The third-order valence-corrected chi connectivity index (χ3v) is 3.18. The van der Waals surface area contributed by atoms with Crippen LogP contribution in [-0.4, -0.2) is 85.6 Å². The smallest absolute Gasteiger partial charge is 0.303 e. The molecule has 120 valence electrons. The SMILES string of the molecule is CN(CC(=O)NCCCC(=O)O)CC(=O)N1CCNCC1. The van der Waals surface area contributed by atoms with Crippen molar-refractivity contribution in [3.8, 4) is 0 Å². The lowest BCUT2D eigenvalue weighted by Gasteiger charge is -2.29. The Morgan fingerprint density at radius 2 is 1.90 bits per heavy atom. The largest absolute Gasteiger partial charge is 0.481 e. The summed E-state index contributed by atoms with van der Waals surface area (Å²) in [4.78, 5) is 37.4. The van der Waals surface area contributed by atoms with Crippen LogP contribution in [0.25, 0.3) is 0 Å². The summed E-state index contributed by atoms with van der Waals surface area (Å²) < 4.78 is 0. The standard InChI is InChI=1S/C13H24N4O4/c1-16(9-11(18)15-4-2-3-13(20)21)10-12(19)17-7-5-14-6-8-17/h14H,2-10H2,1H3,(H,15,18)(H,20,21). The molecule has 0 saturated carbocycles. The lowest BCUT2D eigenvalue weighted by Crippen LogP contribution is -2.50. The van der Waals surface area contributed by atoms with Crippen LogP contribution in [-0.2, 0) is 14.4 Å². The third kappa shape index (κ3) is 7.62. The van der Waals surface area contributed by atoms with Gasteiger partial charge in [0, 0.05) is 39.1 Å². The first-order chi connectivity index (χ1) is 9.99. The quantitative estimate of drug-likeness (QED) is 0.463. The molecule has 1 saturated heterocycles. The van der Waals surface area contributed by atoms with Crippen LogP contribution in [0, 0.1) is 0 Å². The van der Waals surface area contributed by atoms with Crippen LogP contribution in [0.4, 0.5) is 0 Å². The number of carboxylic acids is 1. The van der Waals surface area contributed by atoms with Crippen molar-refractivity contribution < 1.29 is 19.5 Å². The summed E-state index contributed by atoms with van der Waals surface area (Å²) in [5.74, 6) is -1.04. The number of likely N-dealkylation sites (N-methyl/N-ethyl adjacent to an activating group) is 1. The summed E-state index contributed by atoms with van der Waals surface area (Å²) in [6.45, 7) is 3.69. The normalized spacial score (nSPS) is 15.0. The number of piperazine rings is 1. The molecule has 8 heteroatoms. The van der Waals surface area contributed by atoms with Crippen molar-refractivity contribution >= 4 is 17.8 Å². The van der Waals surface area contributed by atoms with E-state index in [1.54, 1.807) is 16.8 Å². The summed E-state index contributed by atoms with van der Waals surface area (Å²) in [5.41, 5.74) is 0. The summed E-state index contributed by atoms with van der Waals surface area (Å²) in [6, 6.07) is 0. The number of hydrogen-bond donors (Lipinski definition) is 3. The van der Waals surface area contributed by atoms with E-state index in [0.717, 1.165) is 13.1 Å². The molecule has 2 amide bonds. The second-order valence-corrected chi connectivity index (χ2v) is 5.15. The highest BCUT2D eigenvalue weighted by molar-refractivity contribution is 5.81. The first-order valence-electron chi connectivity index (χ1n) is 7.14. The zero-order valence-electron chi connectivity index (χ0n) is 12.4. The number of rotatable bonds is 8. The van der Waals surface area contributed by atoms with E-state index in [0.29, 0.717) is 26.1 Å². The number of nitrogens with zero attached hydrogens (tertiary/aromatic N) is 2. The van der Waals surface area contributed by atoms with Gasteiger partial charge in [-0.1, -0.05) is 0 Å². The minimum absolute atomic E-state index is 0.0256. The summed E-state index contributed by atoms with van der Waals surface area (Å²) in [5, 5.41) is 14.3. The fraction of sp³-hybridized carbons (Fsp3) is 0.769. The molecule has 8 nitrogen and oxygen atoms in total. The molecule has 1 aliphatic rings. The van der Waals surface area contributed by atoms with Gasteiger partial charge in [-0.3, -0.25) is 19.3 Å². The Balaban J connectivity index is 2.16. The van der Waals surface area contributed by atoms with E-state index >= 15 is 0 Å². The van der Waals surface area contributed by atoms with Gasteiger partial charge in [0.15, 0.2) is 0 Å². The number of amides is 2. The predicted octanol–water partition coefficient (Wildman–Crippen LogP) is -1.67. The first kappa shape index (κ1) is 17.4. The minimum atomic E-state index is -0.872. The molecular weight excluding hydrogens is 276 g/mol. The van der Waals surface area contributed by atoms with Gasteiger partial charge in [-0.15, -0.1) is 0 Å². The molecule has 0 bridgehead atoms. The van der Waals surface area contributed by atoms with Gasteiger partial charge in [-0.2, -0.15) is 0 Å². The van der Waals surface area contributed by atoms with Gasteiger partial charge >= 0.3 is 5.97 Å². The maximum Gasteiger partial charge on any atom is 0.303 e. The zero-order valence-corrected chi connectivity index (χ0v) is 12.4. The molecule has 0 aromatic carbocycles. The summed E-state index contributed by atoms with van der Waals surface area (Å²) >= 11 is 0. The Bertz CT molecular complexity index is 369. The molecule has 1 heterocycles. The van der Waals surface area contributed by atoms with Gasteiger partial charge in [0.05, 0.1) is 13.1 Å². The Labute approximate surface area is 124 Å². The van der Waals surface area contributed by atoms with Crippen LogP contribution in [0.5, 0.6) is 0 Å². The molecule has 0 atom stereocenters. The van der Waals surface area contributed by atoms with Gasteiger partial charge < -0.3 is 20.6 Å². The van der Waals surface area contributed by atoms with E-state index < -0.39 is 5.97 Å². The Hall–Kier alpha value is -1.67. The highest BCUT2D eigenvalue weighted by atomic mass is 16.4. The highest BCUT2D eigenvalue weighted by Gasteiger charge is 2.18. The van der Waals surface area contributed by atoms with Crippen LogP contribution in [0.3, 0.4) is 0 Å². The van der Waals surface area contributed by atoms with Crippen LogP contribution < -0.4 is 10.6 Å². The average molecular weight is 300 g/mol. The van der Waals surface area contributed by atoms with Crippen molar-refractivity contribution in [2.45, 2.75) is 12.8 Å². The molecule has 3 N–H and O–H groups in total. The monoisotopic (exact) mass is 300 g/mol. The van der Waals surface area contributed by atoms with Gasteiger partial charge in [-0.25, -0.2) is 0 Å². The number of carbonyl (C=O) groups excluding carboxylic acids is 2. The molecular formula is C13H24N4O4. The second-order valence-electron chi connectivity index (χ2n) is 5.15. The molecule has 21 heavy (non-hydrogen) atoms. The number of nitrogens with one attached hydrogen (secondary N) is 2. The topological polar surface area (TPSA) is 102 Å².